The van der Waals surface area contributed by atoms with Crippen LogP contribution in [0.25, 0.3) is 11.0 Å². The first-order valence-electron chi connectivity index (χ1n) is 8.04. The Labute approximate surface area is 141 Å². The molecular formula is C20H21NO3. The fraction of sp³-hybridized carbons (Fsp3) is 0.250. The normalized spacial score (nSPS) is 10.8. The molecule has 24 heavy (non-hydrogen) atoms. The van der Waals surface area contributed by atoms with Crippen LogP contribution in [-0.2, 0) is 0 Å². The molecule has 1 heterocycles. The molecule has 0 aliphatic carbocycles. The highest BCUT2D eigenvalue weighted by Gasteiger charge is 2.19. The summed E-state index contributed by atoms with van der Waals surface area (Å²) in [4.78, 5) is 12.8. The predicted molar refractivity (Wildman–Crippen MR) is 96.0 cm³/mol. The Morgan fingerprint density at radius 1 is 1.17 bits per heavy atom. The van der Waals surface area contributed by atoms with Crippen LogP contribution in [0.15, 0.2) is 40.8 Å². The SMILES string of the molecule is CCOc1ccc2oc(C)c(C(=O)Nc3cccc(C)c3C)c2c1. The molecule has 4 heteroatoms. The summed E-state index contributed by atoms with van der Waals surface area (Å²) < 4.78 is 11.3. The van der Waals surface area contributed by atoms with Gasteiger partial charge in [0, 0.05) is 11.1 Å². The van der Waals surface area contributed by atoms with Crippen molar-refractivity contribution in [2.45, 2.75) is 27.7 Å². The van der Waals surface area contributed by atoms with Gasteiger partial charge in [0.15, 0.2) is 0 Å². The lowest BCUT2D eigenvalue weighted by atomic mass is 10.1. The summed E-state index contributed by atoms with van der Waals surface area (Å²) in [5, 5.41) is 3.76. The predicted octanol–water partition coefficient (Wildman–Crippen LogP) is 5.01. The number of rotatable bonds is 4. The molecule has 3 aromatic rings. The third kappa shape index (κ3) is 2.87. The molecule has 2 aromatic carbocycles. The van der Waals surface area contributed by atoms with Gasteiger partial charge in [-0.25, -0.2) is 0 Å². The van der Waals surface area contributed by atoms with Crippen LogP contribution in [0.5, 0.6) is 5.75 Å². The van der Waals surface area contributed by atoms with E-state index in [1.54, 1.807) is 6.92 Å². The van der Waals surface area contributed by atoms with Gasteiger partial charge in [-0.2, -0.15) is 0 Å². The summed E-state index contributed by atoms with van der Waals surface area (Å²) in [6.07, 6.45) is 0. The van der Waals surface area contributed by atoms with Gasteiger partial charge >= 0.3 is 0 Å². The maximum atomic E-state index is 12.8. The summed E-state index contributed by atoms with van der Waals surface area (Å²) in [5.41, 5.74) is 4.25. The monoisotopic (exact) mass is 323 g/mol. The van der Waals surface area contributed by atoms with Crippen molar-refractivity contribution in [3.8, 4) is 5.75 Å². The number of anilines is 1. The third-order valence-corrected chi connectivity index (χ3v) is 4.23. The highest BCUT2D eigenvalue weighted by Crippen LogP contribution is 2.30. The van der Waals surface area contributed by atoms with E-state index >= 15 is 0 Å². The van der Waals surface area contributed by atoms with E-state index < -0.39 is 0 Å². The van der Waals surface area contributed by atoms with E-state index in [9.17, 15) is 4.79 Å². The second kappa shape index (κ2) is 6.40. The van der Waals surface area contributed by atoms with Crippen molar-refractivity contribution in [2.75, 3.05) is 11.9 Å². The minimum absolute atomic E-state index is 0.173. The first-order valence-corrected chi connectivity index (χ1v) is 8.04. The molecule has 0 unspecified atom stereocenters. The van der Waals surface area contributed by atoms with Gasteiger partial charge in [-0.1, -0.05) is 12.1 Å². The summed E-state index contributed by atoms with van der Waals surface area (Å²) in [6.45, 7) is 8.33. The zero-order valence-corrected chi connectivity index (χ0v) is 14.4. The van der Waals surface area contributed by atoms with Crippen molar-refractivity contribution >= 4 is 22.6 Å². The van der Waals surface area contributed by atoms with E-state index in [0.29, 0.717) is 23.5 Å². The van der Waals surface area contributed by atoms with Crippen LogP contribution in [-0.4, -0.2) is 12.5 Å². The van der Waals surface area contributed by atoms with Crippen molar-refractivity contribution in [3.63, 3.8) is 0 Å². The van der Waals surface area contributed by atoms with Gasteiger partial charge in [-0.3, -0.25) is 4.79 Å². The summed E-state index contributed by atoms with van der Waals surface area (Å²) >= 11 is 0. The lowest BCUT2D eigenvalue weighted by Crippen LogP contribution is -2.13. The number of carbonyl (C=O) groups excluding carboxylic acids is 1. The second-order valence-corrected chi connectivity index (χ2v) is 5.83. The van der Waals surface area contributed by atoms with Gasteiger partial charge in [-0.15, -0.1) is 0 Å². The Kier molecular flexibility index (Phi) is 4.30. The number of benzene rings is 2. The Morgan fingerprint density at radius 3 is 2.71 bits per heavy atom. The van der Waals surface area contributed by atoms with E-state index in [4.69, 9.17) is 9.15 Å². The van der Waals surface area contributed by atoms with Crippen LogP contribution in [0, 0.1) is 20.8 Å². The molecule has 4 nitrogen and oxygen atoms in total. The first-order chi connectivity index (χ1) is 11.5. The smallest absolute Gasteiger partial charge is 0.259 e. The minimum atomic E-state index is -0.173. The first kappa shape index (κ1) is 16.1. The lowest BCUT2D eigenvalue weighted by Gasteiger charge is -2.10. The van der Waals surface area contributed by atoms with Crippen molar-refractivity contribution in [3.05, 3.63) is 58.8 Å². The van der Waals surface area contributed by atoms with Crippen molar-refractivity contribution in [2.24, 2.45) is 0 Å². The molecule has 0 radical (unpaired) electrons. The quantitative estimate of drug-likeness (QED) is 0.734. The highest BCUT2D eigenvalue weighted by molar-refractivity contribution is 6.13. The lowest BCUT2D eigenvalue weighted by molar-refractivity contribution is 0.102. The van der Waals surface area contributed by atoms with Crippen LogP contribution >= 0.6 is 0 Å². The van der Waals surface area contributed by atoms with E-state index in [2.05, 4.69) is 5.32 Å². The van der Waals surface area contributed by atoms with Crippen LogP contribution in [0.1, 0.15) is 34.2 Å². The molecule has 0 saturated heterocycles. The number of carbonyl (C=O) groups is 1. The van der Waals surface area contributed by atoms with Crippen LogP contribution in [0.4, 0.5) is 5.69 Å². The molecule has 0 atom stereocenters. The molecule has 0 aliphatic rings. The number of hydrogen-bond donors (Lipinski definition) is 1. The second-order valence-electron chi connectivity index (χ2n) is 5.83. The maximum absolute atomic E-state index is 12.8. The third-order valence-electron chi connectivity index (χ3n) is 4.23. The van der Waals surface area contributed by atoms with Crippen LogP contribution in [0.3, 0.4) is 0 Å². The Morgan fingerprint density at radius 2 is 1.96 bits per heavy atom. The van der Waals surface area contributed by atoms with Crippen LogP contribution in [0.2, 0.25) is 0 Å². The van der Waals surface area contributed by atoms with Gasteiger partial charge in [0.25, 0.3) is 5.91 Å². The van der Waals surface area contributed by atoms with E-state index in [1.807, 2.05) is 57.2 Å². The van der Waals surface area contributed by atoms with Gasteiger partial charge < -0.3 is 14.5 Å². The van der Waals surface area contributed by atoms with Crippen LogP contribution < -0.4 is 10.1 Å². The van der Waals surface area contributed by atoms with E-state index in [1.165, 1.54) is 0 Å². The average molecular weight is 323 g/mol. The van der Waals surface area contributed by atoms with E-state index in [-0.39, 0.29) is 5.91 Å². The molecule has 1 N–H and O–H groups in total. The zero-order valence-electron chi connectivity index (χ0n) is 14.4. The number of furan rings is 1. The summed E-state index contributed by atoms with van der Waals surface area (Å²) in [7, 11) is 0. The topological polar surface area (TPSA) is 51.5 Å². The Balaban J connectivity index is 2.01. The molecule has 0 saturated carbocycles. The number of nitrogens with one attached hydrogen (secondary N) is 1. The van der Waals surface area contributed by atoms with Gasteiger partial charge in [0.2, 0.25) is 0 Å². The van der Waals surface area contributed by atoms with Gasteiger partial charge in [0.1, 0.15) is 17.1 Å². The standard InChI is InChI=1S/C20H21NO3/c1-5-23-15-9-10-18-16(11-15)19(14(4)24-18)20(22)21-17-8-6-7-12(2)13(17)3/h6-11H,5H2,1-4H3,(H,21,22). The number of hydrogen-bond acceptors (Lipinski definition) is 3. The van der Waals surface area contributed by atoms with Crippen molar-refractivity contribution in [1.82, 2.24) is 0 Å². The summed E-state index contributed by atoms with van der Waals surface area (Å²) in [6, 6.07) is 11.4. The number of amides is 1. The fourth-order valence-electron chi connectivity index (χ4n) is 2.81. The Bertz CT molecular complexity index is 909. The fourth-order valence-corrected chi connectivity index (χ4v) is 2.81. The van der Waals surface area contributed by atoms with E-state index in [0.717, 1.165) is 28.0 Å². The number of fused-ring (bicyclic) bond motifs is 1. The van der Waals surface area contributed by atoms with Gasteiger partial charge in [0.05, 0.1) is 12.2 Å². The molecule has 0 bridgehead atoms. The van der Waals surface area contributed by atoms with Crippen molar-refractivity contribution < 1.29 is 13.9 Å². The van der Waals surface area contributed by atoms with Gasteiger partial charge in [-0.05, 0) is 63.1 Å². The molecule has 1 aromatic heterocycles. The molecule has 0 aliphatic heterocycles. The zero-order chi connectivity index (χ0) is 17.3. The molecule has 0 fully saturated rings. The molecule has 0 spiro atoms. The molecule has 3 rings (SSSR count). The molecular weight excluding hydrogens is 302 g/mol. The Hall–Kier alpha value is -2.75. The maximum Gasteiger partial charge on any atom is 0.259 e. The largest absolute Gasteiger partial charge is 0.494 e. The molecule has 1 amide bonds. The summed E-state index contributed by atoms with van der Waals surface area (Å²) in [5.74, 6) is 1.15. The highest BCUT2D eigenvalue weighted by atomic mass is 16.5. The minimum Gasteiger partial charge on any atom is -0.494 e. The molecule has 124 valence electrons. The number of ether oxygens (including phenoxy) is 1. The van der Waals surface area contributed by atoms with Crippen molar-refractivity contribution in [1.29, 1.82) is 0 Å². The average Bonchev–Trinajstić information content (AvgIpc) is 2.87. The number of aryl methyl sites for hydroxylation is 2.